The summed E-state index contributed by atoms with van der Waals surface area (Å²) in [6.45, 7) is 0.0448. The molecule has 0 saturated heterocycles. The van der Waals surface area contributed by atoms with Crippen molar-refractivity contribution in [2.45, 2.75) is 12.6 Å². The molecule has 3 rings (SSSR count). The fourth-order valence-corrected chi connectivity index (χ4v) is 3.02. The van der Waals surface area contributed by atoms with Crippen molar-refractivity contribution in [2.24, 2.45) is 7.05 Å². The number of halogens is 3. The largest absolute Gasteiger partial charge is 0.502 e. The summed E-state index contributed by atoms with van der Waals surface area (Å²) in [6.07, 6.45) is -4.27. The molecule has 0 fully saturated rings. The Morgan fingerprint density at radius 3 is 2.57 bits per heavy atom. The topological polar surface area (TPSA) is 71.3 Å². The van der Waals surface area contributed by atoms with E-state index in [2.05, 4.69) is 5.32 Å². The molecule has 0 atom stereocenters. The number of nitrogens with one attached hydrogen (secondary N) is 1. The number of benzene rings is 2. The van der Waals surface area contributed by atoms with Gasteiger partial charge in [-0.3, -0.25) is 9.59 Å². The minimum absolute atomic E-state index is 0.0448. The van der Waals surface area contributed by atoms with Gasteiger partial charge < -0.3 is 15.0 Å². The third-order valence-electron chi connectivity index (χ3n) is 4.46. The highest BCUT2D eigenvalue weighted by Crippen LogP contribution is 2.29. The molecule has 0 radical (unpaired) electrons. The van der Waals surface area contributed by atoms with Crippen LogP contribution in [0.4, 0.5) is 13.2 Å². The van der Waals surface area contributed by atoms with Crippen LogP contribution in [-0.2, 0) is 19.6 Å². The number of rotatable bonds is 4. The predicted molar refractivity (Wildman–Crippen MR) is 98.3 cm³/mol. The van der Waals surface area contributed by atoms with Crippen molar-refractivity contribution in [3.63, 3.8) is 0 Å². The lowest BCUT2D eigenvalue weighted by Gasteiger charge is -2.13. The standard InChI is InChI=1S/C20H17F3N2O3/c1-25-15-8-3-2-7-14(15)16(17(26)19(25)28)18(27)24-10-9-12-5-4-6-13(11-12)20(21,22)23/h2-8,11,26H,9-10H2,1H3,(H,24,27). The first kappa shape index (κ1) is 19.5. The fourth-order valence-electron chi connectivity index (χ4n) is 3.02. The maximum atomic E-state index is 12.8. The van der Waals surface area contributed by atoms with Gasteiger partial charge in [-0.2, -0.15) is 13.2 Å². The van der Waals surface area contributed by atoms with Crippen LogP contribution in [0.1, 0.15) is 21.5 Å². The molecule has 146 valence electrons. The van der Waals surface area contributed by atoms with Gasteiger partial charge in [0, 0.05) is 19.0 Å². The van der Waals surface area contributed by atoms with E-state index in [-0.39, 0.29) is 18.5 Å². The molecule has 2 N–H and O–H groups in total. The summed E-state index contributed by atoms with van der Waals surface area (Å²) in [4.78, 5) is 24.7. The van der Waals surface area contributed by atoms with Gasteiger partial charge in [0.2, 0.25) is 0 Å². The van der Waals surface area contributed by atoms with Gasteiger partial charge in [-0.05, 0) is 24.1 Å². The number of aromatic hydroxyl groups is 1. The van der Waals surface area contributed by atoms with E-state index in [1.807, 2.05) is 0 Å². The number of para-hydroxylation sites is 1. The Morgan fingerprint density at radius 2 is 1.86 bits per heavy atom. The third kappa shape index (κ3) is 3.71. The Labute approximate surface area is 158 Å². The SMILES string of the molecule is Cn1c(=O)c(O)c(C(=O)NCCc2cccc(C(F)(F)F)c2)c2ccccc21. The lowest BCUT2D eigenvalue weighted by Crippen LogP contribution is -2.29. The summed E-state index contributed by atoms with van der Waals surface area (Å²) in [7, 11) is 1.49. The monoisotopic (exact) mass is 390 g/mol. The molecular formula is C20H17F3N2O3. The summed E-state index contributed by atoms with van der Waals surface area (Å²) in [5.41, 5.74) is -0.725. The molecule has 0 bridgehead atoms. The van der Waals surface area contributed by atoms with Crippen LogP contribution in [-0.4, -0.2) is 22.1 Å². The zero-order valence-corrected chi connectivity index (χ0v) is 14.9. The molecule has 0 aliphatic rings. The summed E-state index contributed by atoms with van der Waals surface area (Å²) in [5, 5.41) is 13.1. The number of aryl methyl sites for hydroxylation is 1. The molecule has 0 aliphatic carbocycles. The first-order chi connectivity index (χ1) is 13.2. The Bertz CT molecular complexity index is 1100. The minimum Gasteiger partial charge on any atom is -0.502 e. The molecule has 28 heavy (non-hydrogen) atoms. The first-order valence-corrected chi connectivity index (χ1v) is 8.45. The van der Waals surface area contributed by atoms with E-state index < -0.39 is 29.0 Å². The Hall–Kier alpha value is -3.29. The van der Waals surface area contributed by atoms with Gasteiger partial charge in [0.1, 0.15) is 0 Å². The zero-order chi connectivity index (χ0) is 20.5. The van der Waals surface area contributed by atoms with Gasteiger partial charge in [0.05, 0.1) is 16.6 Å². The van der Waals surface area contributed by atoms with Crippen molar-refractivity contribution in [1.82, 2.24) is 9.88 Å². The van der Waals surface area contributed by atoms with Gasteiger partial charge in [-0.1, -0.05) is 36.4 Å². The molecule has 0 saturated carbocycles. The number of carbonyl (C=O) groups excluding carboxylic acids is 1. The molecule has 3 aromatic rings. The van der Waals surface area contributed by atoms with Crippen molar-refractivity contribution in [1.29, 1.82) is 0 Å². The van der Waals surface area contributed by atoms with Crippen LogP contribution in [0.3, 0.4) is 0 Å². The predicted octanol–water partition coefficient (Wildman–Crippen LogP) is 3.24. The maximum absolute atomic E-state index is 12.8. The van der Waals surface area contributed by atoms with Gasteiger partial charge in [0.25, 0.3) is 11.5 Å². The van der Waals surface area contributed by atoms with Crippen LogP contribution in [0.25, 0.3) is 10.9 Å². The highest BCUT2D eigenvalue weighted by Gasteiger charge is 2.30. The molecule has 0 spiro atoms. The van der Waals surface area contributed by atoms with E-state index in [1.165, 1.54) is 23.7 Å². The van der Waals surface area contributed by atoms with Crippen LogP contribution in [0.5, 0.6) is 5.75 Å². The summed E-state index contributed by atoms with van der Waals surface area (Å²) in [6, 6.07) is 11.5. The average molecular weight is 390 g/mol. The van der Waals surface area contributed by atoms with Crippen molar-refractivity contribution in [2.75, 3.05) is 6.54 Å². The number of hydrogen-bond donors (Lipinski definition) is 2. The number of fused-ring (bicyclic) bond motifs is 1. The fraction of sp³-hybridized carbons (Fsp3) is 0.200. The van der Waals surface area contributed by atoms with Crippen LogP contribution in [0.15, 0.2) is 53.3 Å². The van der Waals surface area contributed by atoms with Crippen LogP contribution in [0, 0.1) is 0 Å². The number of amides is 1. The lowest BCUT2D eigenvalue weighted by atomic mass is 10.1. The van der Waals surface area contributed by atoms with Crippen molar-refractivity contribution < 1.29 is 23.1 Å². The number of alkyl halides is 3. The number of pyridine rings is 1. The molecule has 5 nitrogen and oxygen atoms in total. The molecular weight excluding hydrogens is 373 g/mol. The average Bonchev–Trinajstić information content (AvgIpc) is 2.66. The molecule has 1 aromatic heterocycles. The van der Waals surface area contributed by atoms with E-state index in [0.29, 0.717) is 16.5 Å². The number of aromatic nitrogens is 1. The normalized spacial score (nSPS) is 11.6. The quantitative estimate of drug-likeness (QED) is 0.719. The maximum Gasteiger partial charge on any atom is 0.416 e. The van der Waals surface area contributed by atoms with Gasteiger partial charge in [-0.25, -0.2) is 0 Å². The van der Waals surface area contributed by atoms with Crippen molar-refractivity contribution >= 4 is 16.8 Å². The Balaban J connectivity index is 1.81. The molecule has 1 amide bonds. The molecule has 0 aliphatic heterocycles. The lowest BCUT2D eigenvalue weighted by molar-refractivity contribution is -0.137. The van der Waals surface area contributed by atoms with Gasteiger partial charge >= 0.3 is 6.18 Å². The van der Waals surface area contributed by atoms with Gasteiger partial charge in [0.15, 0.2) is 5.75 Å². The highest BCUT2D eigenvalue weighted by molar-refractivity contribution is 6.08. The van der Waals surface area contributed by atoms with E-state index in [9.17, 15) is 27.9 Å². The molecule has 8 heteroatoms. The molecule has 0 unspecified atom stereocenters. The number of carbonyl (C=O) groups is 1. The Morgan fingerprint density at radius 1 is 1.14 bits per heavy atom. The second-order valence-corrected chi connectivity index (χ2v) is 6.31. The van der Waals surface area contributed by atoms with Gasteiger partial charge in [-0.15, -0.1) is 0 Å². The summed E-state index contributed by atoms with van der Waals surface area (Å²) < 4.78 is 39.6. The second kappa shape index (κ2) is 7.38. The minimum atomic E-state index is -4.44. The Kier molecular flexibility index (Phi) is 5.13. The number of hydrogen-bond acceptors (Lipinski definition) is 3. The van der Waals surface area contributed by atoms with E-state index in [0.717, 1.165) is 12.1 Å². The van der Waals surface area contributed by atoms with E-state index >= 15 is 0 Å². The smallest absolute Gasteiger partial charge is 0.416 e. The number of nitrogens with zero attached hydrogens (tertiary/aromatic N) is 1. The zero-order valence-electron chi connectivity index (χ0n) is 14.9. The first-order valence-electron chi connectivity index (χ1n) is 8.45. The van der Waals surface area contributed by atoms with E-state index in [1.54, 1.807) is 24.3 Å². The molecule has 1 heterocycles. The van der Waals surface area contributed by atoms with Crippen LogP contribution >= 0.6 is 0 Å². The van der Waals surface area contributed by atoms with Crippen LogP contribution < -0.4 is 10.9 Å². The van der Waals surface area contributed by atoms with Crippen molar-refractivity contribution in [3.05, 3.63) is 75.6 Å². The van der Waals surface area contributed by atoms with Crippen molar-refractivity contribution in [3.8, 4) is 5.75 Å². The third-order valence-corrected chi connectivity index (χ3v) is 4.46. The van der Waals surface area contributed by atoms with Crippen LogP contribution in [0.2, 0.25) is 0 Å². The summed E-state index contributed by atoms with van der Waals surface area (Å²) >= 11 is 0. The second-order valence-electron chi connectivity index (χ2n) is 6.31. The highest BCUT2D eigenvalue weighted by atomic mass is 19.4. The summed E-state index contributed by atoms with van der Waals surface area (Å²) in [5.74, 6) is -1.34. The molecule has 2 aromatic carbocycles. The van der Waals surface area contributed by atoms with E-state index in [4.69, 9.17) is 0 Å².